The Morgan fingerprint density at radius 3 is 2.09 bits per heavy atom. The van der Waals surface area contributed by atoms with Gasteiger partial charge in [0, 0.05) is 6.54 Å². The zero-order chi connectivity index (χ0) is 23.8. The number of sulfone groups is 1. The van der Waals surface area contributed by atoms with Crippen LogP contribution in [0.25, 0.3) is 0 Å². The van der Waals surface area contributed by atoms with Crippen LogP contribution in [0.4, 0.5) is 0 Å². The summed E-state index contributed by atoms with van der Waals surface area (Å²) in [6.45, 7) is 6.30. The monoisotopic (exact) mass is 461 g/mol. The van der Waals surface area contributed by atoms with Gasteiger partial charge in [0.15, 0.2) is 5.76 Å². The van der Waals surface area contributed by atoms with Crippen molar-refractivity contribution in [1.29, 1.82) is 0 Å². The van der Waals surface area contributed by atoms with Crippen LogP contribution in [0.1, 0.15) is 48.1 Å². The van der Waals surface area contributed by atoms with Crippen molar-refractivity contribution in [3.63, 3.8) is 0 Å². The van der Waals surface area contributed by atoms with E-state index >= 15 is 0 Å². The first-order valence-electron chi connectivity index (χ1n) is 10.9. The zero-order valence-electron chi connectivity index (χ0n) is 18.9. The first-order chi connectivity index (χ1) is 15.7. The zero-order valence-corrected chi connectivity index (χ0v) is 19.7. The van der Waals surface area contributed by atoms with E-state index in [1.165, 1.54) is 17.0 Å². The van der Waals surface area contributed by atoms with Gasteiger partial charge in [0.2, 0.25) is 9.84 Å². The highest BCUT2D eigenvalue weighted by Crippen LogP contribution is 2.43. The lowest BCUT2D eigenvalue weighted by Crippen LogP contribution is -2.30. The van der Waals surface area contributed by atoms with Crippen molar-refractivity contribution >= 4 is 15.7 Å². The normalized spacial score (nSPS) is 16.7. The molecule has 5 nitrogen and oxygen atoms in total. The Morgan fingerprint density at radius 1 is 0.909 bits per heavy atom. The maximum atomic E-state index is 13.6. The molecular formula is C27H27NO4S. The molecular weight excluding hydrogens is 434 g/mol. The van der Waals surface area contributed by atoms with Gasteiger partial charge in [-0.3, -0.25) is 4.79 Å². The highest BCUT2D eigenvalue weighted by atomic mass is 32.2. The standard InChI is InChI=1S/C27H27NO4S/c1-18(2)21-13-15-22(16-14-21)24-26(33(31,32)23-7-5-4-6-8-23)25(29)27(30)28(24)17-20-11-9-19(3)10-12-20/h4-16,18,24,29H,17H2,1-3H3. The van der Waals surface area contributed by atoms with E-state index in [9.17, 15) is 18.3 Å². The van der Waals surface area contributed by atoms with E-state index in [4.69, 9.17) is 0 Å². The van der Waals surface area contributed by atoms with Crippen LogP contribution in [-0.4, -0.2) is 24.3 Å². The van der Waals surface area contributed by atoms with Gasteiger partial charge in [-0.15, -0.1) is 0 Å². The summed E-state index contributed by atoms with van der Waals surface area (Å²) < 4.78 is 27.2. The van der Waals surface area contributed by atoms with Crippen molar-refractivity contribution in [2.45, 2.75) is 44.2 Å². The Bertz CT molecular complexity index is 1290. The second-order valence-electron chi connectivity index (χ2n) is 8.67. The average Bonchev–Trinajstić information content (AvgIpc) is 3.06. The number of aryl methyl sites for hydroxylation is 1. The van der Waals surface area contributed by atoms with Gasteiger partial charge in [0.25, 0.3) is 5.91 Å². The number of carbonyl (C=O) groups is 1. The number of benzene rings is 3. The summed E-state index contributed by atoms with van der Waals surface area (Å²) in [5.41, 5.74) is 3.68. The third kappa shape index (κ3) is 4.31. The number of hydrogen-bond acceptors (Lipinski definition) is 4. The van der Waals surface area contributed by atoms with Crippen LogP contribution >= 0.6 is 0 Å². The molecule has 0 aromatic heterocycles. The van der Waals surface area contributed by atoms with Crippen LogP contribution in [0, 0.1) is 6.92 Å². The summed E-state index contributed by atoms with van der Waals surface area (Å²) in [7, 11) is -4.11. The highest BCUT2D eigenvalue weighted by Gasteiger charge is 2.46. The summed E-state index contributed by atoms with van der Waals surface area (Å²) in [6.07, 6.45) is 0. The molecule has 0 bridgehead atoms. The molecule has 1 atom stereocenters. The molecule has 1 N–H and O–H groups in total. The first-order valence-corrected chi connectivity index (χ1v) is 12.4. The van der Waals surface area contributed by atoms with E-state index in [2.05, 4.69) is 13.8 Å². The molecule has 0 fully saturated rings. The van der Waals surface area contributed by atoms with Crippen LogP contribution < -0.4 is 0 Å². The van der Waals surface area contributed by atoms with Crippen molar-refractivity contribution in [3.05, 3.63) is 112 Å². The molecule has 170 valence electrons. The third-order valence-corrected chi connectivity index (χ3v) is 7.88. The number of hydrogen-bond donors (Lipinski definition) is 1. The van der Waals surface area contributed by atoms with E-state index in [0.717, 1.165) is 16.7 Å². The van der Waals surface area contributed by atoms with Gasteiger partial charge in [-0.2, -0.15) is 0 Å². The summed E-state index contributed by atoms with van der Waals surface area (Å²) in [6, 6.07) is 22.2. The summed E-state index contributed by atoms with van der Waals surface area (Å²) >= 11 is 0. The number of rotatable bonds is 6. The van der Waals surface area contributed by atoms with Crippen LogP contribution in [-0.2, 0) is 21.2 Å². The predicted octanol–water partition coefficient (Wildman–Crippen LogP) is 5.45. The van der Waals surface area contributed by atoms with E-state index in [1.807, 2.05) is 55.5 Å². The molecule has 0 saturated carbocycles. The van der Waals surface area contributed by atoms with Crippen LogP contribution in [0.2, 0.25) is 0 Å². The second kappa shape index (κ2) is 8.87. The molecule has 0 spiro atoms. The minimum absolute atomic E-state index is 0.0420. The van der Waals surface area contributed by atoms with Gasteiger partial charge < -0.3 is 10.0 Å². The van der Waals surface area contributed by atoms with E-state index in [0.29, 0.717) is 11.5 Å². The fourth-order valence-corrected chi connectivity index (χ4v) is 5.75. The van der Waals surface area contributed by atoms with Gasteiger partial charge in [-0.05, 0) is 41.7 Å². The topological polar surface area (TPSA) is 74.7 Å². The molecule has 0 radical (unpaired) electrons. The fraction of sp³-hybridized carbons (Fsp3) is 0.222. The van der Waals surface area contributed by atoms with E-state index in [-0.39, 0.29) is 16.3 Å². The Labute approximate surface area is 194 Å². The van der Waals surface area contributed by atoms with Crippen molar-refractivity contribution in [2.24, 2.45) is 0 Å². The summed E-state index contributed by atoms with van der Waals surface area (Å²) in [5.74, 6) is -1.10. The van der Waals surface area contributed by atoms with Gasteiger partial charge in [-0.1, -0.05) is 86.1 Å². The minimum atomic E-state index is -4.11. The third-order valence-electron chi connectivity index (χ3n) is 5.99. The minimum Gasteiger partial charge on any atom is -0.502 e. The quantitative estimate of drug-likeness (QED) is 0.530. The van der Waals surface area contributed by atoms with Gasteiger partial charge in [-0.25, -0.2) is 8.42 Å². The molecule has 6 heteroatoms. The molecule has 0 aliphatic carbocycles. The number of aliphatic hydroxyl groups excluding tert-OH is 1. The average molecular weight is 462 g/mol. The Balaban J connectivity index is 1.84. The second-order valence-corrected chi connectivity index (χ2v) is 10.6. The van der Waals surface area contributed by atoms with Crippen molar-refractivity contribution < 1.29 is 18.3 Å². The lowest BCUT2D eigenvalue weighted by Gasteiger charge is -2.27. The molecule has 3 aromatic rings. The number of nitrogens with zero attached hydrogens (tertiary/aromatic N) is 1. The van der Waals surface area contributed by atoms with Crippen LogP contribution in [0.15, 0.2) is 94.4 Å². The maximum absolute atomic E-state index is 13.6. The SMILES string of the molecule is Cc1ccc(CN2C(=O)C(O)=C(S(=O)(=O)c3ccccc3)C2c2ccc(C(C)C)cc2)cc1. The van der Waals surface area contributed by atoms with Crippen LogP contribution in [0.5, 0.6) is 0 Å². The number of aliphatic hydroxyl groups is 1. The van der Waals surface area contributed by atoms with Gasteiger partial charge in [0.1, 0.15) is 4.91 Å². The highest BCUT2D eigenvalue weighted by molar-refractivity contribution is 7.95. The van der Waals surface area contributed by atoms with Crippen molar-refractivity contribution in [3.8, 4) is 0 Å². The molecule has 1 amide bonds. The molecule has 1 unspecified atom stereocenters. The predicted molar refractivity (Wildman–Crippen MR) is 128 cm³/mol. The van der Waals surface area contributed by atoms with Crippen molar-refractivity contribution in [1.82, 2.24) is 4.90 Å². The van der Waals surface area contributed by atoms with E-state index in [1.54, 1.807) is 18.2 Å². The maximum Gasteiger partial charge on any atom is 0.290 e. The molecule has 4 rings (SSSR count). The molecule has 3 aromatic carbocycles. The summed E-state index contributed by atoms with van der Waals surface area (Å²) in [5, 5.41) is 10.8. The van der Waals surface area contributed by atoms with Crippen LogP contribution in [0.3, 0.4) is 0 Å². The molecule has 1 aliphatic heterocycles. The number of amides is 1. The fourth-order valence-electron chi connectivity index (χ4n) is 4.08. The summed E-state index contributed by atoms with van der Waals surface area (Å²) in [4.78, 5) is 14.4. The van der Waals surface area contributed by atoms with E-state index < -0.39 is 27.5 Å². The largest absolute Gasteiger partial charge is 0.502 e. The lowest BCUT2D eigenvalue weighted by atomic mass is 9.98. The Hall–Kier alpha value is -3.38. The Morgan fingerprint density at radius 2 is 1.52 bits per heavy atom. The molecule has 1 aliphatic rings. The lowest BCUT2D eigenvalue weighted by molar-refractivity contribution is -0.130. The van der Waals surface area contributed by atoms with Crippen molar-refractivity contribution in [2.75, 3.05) is 0 Å². The molecule has 33 heavy (non-hydrogen) atoms. The van der Waals surface area contributed by atoms with Gasteiger partial charge >= 0.3 is 0 Å². The van der Waals surface area contributed by atoms with Gasteiger partial charge in [0.05, 0.1) is 10.9 Å². The first kappa shape index (κ1) is 22.8. The number of carbonyl (C=O) groups excluding carboxylic acids is 1. The Kier molecular flexibility index (Phi) is 6.13. The molecule has 0 saturated heterocycles. The molecule has 1 heterocycles. The smallest absolute Gasteiger partial charge is 0.290 e.